The Kier molecular flexibility index (Phi) is 15.0. The molecule has 0 spiro atoms. The highest BCUT2D eigenvalue weighted by Crippen LogP contribution is 2.54. The molecule has 0 aromatic heterocycles. The van der Waals surface area contributed by atoms with Crippen LogP contribution in [0.4, 0.5) is 11.4 Å². The van der Waals surface area contributed by atoms with Gasteiger partial charge in [-0.1, -0.05) is 12.1 Å². The summed E-state index contributed by atoms with van der Waals surface area (Å²) >= 11 is 0. The van der Waals surface area contributed by atoms with Crippen molar-refractivity contribution in [3.8, 4) is 0 Å². The van der Waals surface area contributed by atoms with E-state index in [0.29, 0.717) is 82.1 Å². The van der Waals surface area contributed by atoms with Crippen molar-refractivity contribution in [1.82, 2.24) is 0 Å². The zero-order valence-corrected chi connectivity index (χ0v) is 40.7. The van der Waals surface area contributed by atoms with Gasteiger partial charge in [0.2, 0.25) is 5.69 Å². The first-order valence-corrected chi connectivity index (χ1v) is 27.0. The van der Waals surface area contributed by atoms with Crippen molar-refractivity contribution in [2.75, 3.05) is 51.2 Å². The van der Waals surface area contributed by atoms with Gasteiger partial charge < -0.3 is 37.7 Å². The van der Waals surface area contributed by atoms with Crippen LogP contribution in [0.2, 0.25) is 0 Å². The minimum Gasteiger partial charge on any atom is -0.748 e. The molecule has 1 N–H and O–H groups in total. The fourth-order valence-electron chi connectivity index (χ4n) is 9.63. The highest BCUT2D eigenvalue weighted by atomic mass is 32.2. The molecule has 364 valence electrons. The molecule has 22 heteroatoms. The number of carboxylic acids is 1. The van der Waals surface area contributed by atoms with Crippen LogP contribution in [0.15, 0.2) is 87.1 Å². The Morgan fingerprint density at radius 1 is 0.746 bits per heavy atom. The average molecular weight is 1000 g/mol. The number of nitrogens with zero attached hydrogens (tertiary/aromatic N) is 2. The number of aliphatic carboxylic acids is 1. The van der Waals surface area contributed by atoms with Crippen molar-refractivity contribution in [3.63, 3.8) is 0 Å². The van der Waals surface area contributed by atoms with Crippen LogP contribution in [0.25, 0.3) is 21.5 Å². The van der Waals surface area contributed by atoms with Crippen LogP contribution in [0.1, 0.15) is 76.0 Å². The normalized spacial score (nSPS) is 18.2. The summed E-state index contributed by atoms with van der Waals surface area (Å²) in [6.07, 6.45) is 6.82. The molecule has 6 rings (SSSR count). The first-order valence-electron chi connectivity index (χ1n) is 21.2. The van der Waals surface area contributed by atoms with Gasteiger partial charge in [-0.2, -0.15) is 4.58 Å². The number of ether oxygens (including phenoxy) is 2. The van der Waals surface area contributed by atoms with E-state index in [1.54, 1.807) is 44.2 Å². The van der Waals surface area contributed by atoms with Crippen LogP contribution < -0.4 is 4.90 Å². The maximum Gasteiger partial charge on any atom is 0.303 e. The highest BCUT2D eigenvalue weighted by molar-refractivity contribution is 7.87. The molecule has 18 nitrogen and oxygen atoms in total. The Labute approximate surface area is 390 Å². The lowest BCUT2D eigenvalue weighted by Crippen LogP contribution is -2.31. The van der Waals surface area contributed by atoms with Crippen LogP contribution in [0.3, 0.4) is 0 Å². The number of carboxylic acid groups (broad SMARTS) is 1. The molecule has 0 bridgehead atoms. The summed E-state index contributed by atoms with van der Waals surface area (Å²) in [6.45, 7) is 6.38. The second-order valence-electron chi connectivity index (χ2n) is 17.3. The summed E-state index contributed by atoms with van der Waals surface area (Å²) in [5.41, 5.74) is 1.61. The predicted octanol–water partition coefficient (Wildman–Crippen LogP) is 5.11. The lowest BCUT2D eigenvalue weighted by atomic mass is 9.75. The van der Waals surface area contributed by atoms with Crippen LogP contribution in [0, 0.1) is 0 Å². The van der Waals surface area contributed by atoms with E-state index in [4.69, 9.17) is 9.47 Å². The van der Waals surface area contributed by atoms with Crippen LogP contribution in [-0.4, -0.2) is 120 Å². The van der Waals surface area contributed by atoms with Gasteiger partial charge in [-0.3, -0.25) is 4.79 Å². The fraction of sp³-hybridized carbons (Fsp3) is 0.422. The van der Waals surface area contributed by atoms with Gasteiger partial charge in [0.15, 0.2) is 5.71 Å². The van der Waals surface area contributed by atoms with Crippen molar-refractivity contribution in [2.24, 2.45) is 0 Å². The van der Waals surface area contributed by atoms with Crippen molar-refractivity contribution in [1.29, 1.82) is 0 Å². The van der Waals surface area contributed by atoms with E-state index in [9.17, 15) is 61.8 Å². The predicted molar refractivity (Wildman–Crippen MR) is 244 cm³/mol. The SMILES string of the molecule is COCCc1cc(S(=O)(=O)[O-])cc2c3c(ccc12)N(CCOC)/C(=C/C=C/C1=[N+](CCCCCC(=O)O)c2ccc4c(S(=O)(=O)[O-])cc(S(=O)(=O)[O-])cc4c2C1(C)C)C3(C)CCCS(=O)(=O)[O-]. The molecular formula is C45H51N2O16S4-3. The Morgan fingerprint density at radius 3 is 1.97 bits per heavy atom. The lowest BCUT2D eigenvalue weighted by molar-refractivity contribution is -0.438. The molecule has 0 radical (unpaired) electrons. The van der Waals surface area contributed by atoms with Gasteiger partial charge in [0.25, 0.3) is 0 Å². The molecule has 4 aromatic rings. The number of allylic oxidation sites excluding steroid dienone is 4. The van der Waals surface area contributed by atoms with Crippen LogP contribution in [-0.2, 0) is 72.0 Å². The number of benzene rings is 4. The summed E-state index contributed by atoms with van der Waals surface area (Å²) in [5.74, 6) is -1.66. The van der Waals surface area contributed by atoms with Gasteiger partial charge in [-0.05, 0) is 123 Å². The van der Waals surface area contributed by atoms with Crippen molar-refractivity contribution in [2.45, 2.75) is 91.2 Å². The van der Waals surface area contributed by atoms with Gasteiger partial charge in [0, 0.05) is 79.3 Å². The second kappa shape index (κ2) is 19.4. The standard InChI is InChI=1S/C45H54N2O16S4/c1-44(2)39(46(20-8-6-7-13-41(48)49)36-17-15-33-35(42(36)44)27-31(66(56,57)58)28-38(33)67(59,60)61)11-9-12-40-45(3,19-10-24-64(50,51)52)43-34-26-30(65(53,54)55)25-29(18-22-62-4)32(34)14-16-37(43)47(40)21-23-63-5/h9,11-12,14-17,25-28H,6-8,10,13,18-24H2,1-5H3,(H4-,48,49,50,51,52,53,54,55,56,57,58,59,60,61)/p-3. The summed E-state index contributed by atoms with van der Waals surface area (Å²) in [6, 6.07) is 10.8. The number of hydrogen-bond donors (Lipinski definition) is 1. The van der Waals surface area contributed by atoms with Gasteiger partial charge in [0.05, 0.1) is 43.4 Å². The van der Waals surface area contributed by atoms with E-state index in [1.165, 1.54) is 32.4 Å². The molecule has 2 aliphatic rings. The fourth-order valence-corrected chi connectivity index (χ4v) is 12.0. The minimum absolute atomic E-state index is 0.0422. The topological polar surface area (TPSA) is 291 Å². The lowest BCUT2D eigenvalue weighted by Gasteiger charge is -2.31. The number of carbonyl (C=O) groups is 1. The smallest absolute Gasteiger partial charge is 0.303 e. The van der Waals surface area contributed by atoms with E-state index in [2.05, 4.69) is 0 Å². The maximum absolute atomic E-state index is 12.6. The molecule has 1 atom stereocenters. The monoisotopic (exact) mass is 1000 g/mol. The Bertz CT molecular complexity index is 3200. The quantitative estimate of drug-likeness (QED) is 0.0645. The number of methoxy groups -OCH3 is 2. The van der Waals surface area contributed by atoms with Crippen molar-refractivity contribution in [3.05, 3.63) is 89.1 Å². The van der Waals surface area contributed by atoms with Gasteiger partial charge in [0.1, 0.15) is 36.9 Å². The van der Waals surface area contributed by atoms with E-state index in [1.807, 2.05) is 22.5 Å². The summed E-state index contributed by atoms with van der Waals surface area (Å²) in [5, 5.41) is 10.2. The van der Waals surface area contributed by atoms with E-state index >= 15 is 0 Å². The molecule has 2 heterocycles. The Morgan fingerprint density at radius 2 is 1.37 bits per heavy atom. The van der Waals surface area contributed by atoms with E-state index < -0.39 is 77.7 Å². The molecule has 0 amide bonds. The Balaban J connectivity index is 1.60. The second-order valence-corrected chi connectivity index (χ2v) is 23.0. The van der Waals surface area contributed by atoms with Crippen LogP contribution in [0.5, 0.6) is 0 Å². The molecule has 2 aliphatic heterocycles. The third-order valence-electron chi connectivity index (χ3n) is 12.6. The van der Waals surface area contributed by atoms with E-state index in [0.717, 1.165) is 6.07 Å². The zero-order valence-electron chi connectivity index (χ0n) is 37.4. The number of unbranched alkanes of at least 4 members (excludes halogenated alkanes) is 2. The van der Waals surface area contributed by atoms with E-state index in [-0.39, 0.29) is 56.2 Å². The first-order chi connectivity index (χ1) is 31.1. The first kappa shape index (κ1) is 51.8. The van der Waals surface area contributed by atoms with Crippen molar-refractivity contribution >= 4 is 85.1 Å². The van der Waals surface area contributed by atoms with Crippen molar-refractivity contribution < 1.29 is 75.8 Å². The third kappa shape index (κ3) is 10.8. The zero-order chi connectivity index (χ0) is 49.5. The van der Waals surface area contributed by atoms with Crippen LogP contribution >= 0.6 is 0 Å². The molecule has 0 saturated carbocycles. The van der Waals surface area contributed by atoms with Gasteiger partial charge >= 0.3 is 5.97 Å². The summed E-state index contributed by atoms with van der Waals surface area (Å²) in [7, 11) is -17.2. The number of anilines is 1. The molecule has 0 saturated heterocycles. The molecule has 1 unspecified atom stereocenters. The molecule has 4 aromatic carbocycles. The molecular weight excluding hydrogens is 953 g/mol. The largest absolute Gasteiger partial charge is 0.748 e. The number of rotatable bonds is 21. The molecule has 0 fully saturated rings. The van der Waals surface area contributed by atoms with Gasteiger partial charge in [-0.15, -0.1) is 0 Å². The molecule has 67 heavy (non-hydrogen) atoms. The number of fused-ring (bicyclic) bond motifs is 6. The third-order valence-corrected chi connectivity index (χ3v) is 15.9. The Hall–Kier alpha value is -4.62. The average Bonchev–Trinajstić information content (AvgIpc) is 3.58. The minimum atomic E-state index is -5.29. The van der Waals surface area contributed by atoms with Gasteiger partial charge in [-0.25, -0.2) is 33.7 Å². The summed E-state index contributed by atoms with van der Waals surface area (Å²) in [4.78, 5) is 11.0. The maximum atomic E-state index is 12.6. The molecule has 0 aliphatic carbocycles. The number of hydrogen-bond acceptors (Lipinski definition) is 16. The highest BCUT2D eigenvalue weighted by Gasteiger charge is 2.47. The summed E-state index contributed by atoms with van der Waals surface area (Å²) < 4.78 is 161.